The Morgan fingerprint density at radius 1 is 1.44 bits per heavy atom. The van der Waals surface area contributed by atoms with E-state index >= 15 is 0 Å². The van der Waals surface area contributed by atoms with Crippen LogP contribution in [0, 0.1) is 0 Å². The lowest BCUT2D eigenvalue weighted by molar-refractivity contribution is -0.136. The molecule has 1 saturated heterocycles. The van der Waals surface area contributed by atoms with Gasteiger partial charge in [-0.2, -0.15) is 0 Å². The second kappa shape index (κ2) is 5.87. The molecule has 1 fully saturated rings. The molecule has 98 valence electrons. The summed E-state index contributed by atoms with van der Waals surface area (Å²) in [5.74, 6) is -0.208. The van der Waals surface area contributed by atoms with Crippen LogP contribution in [0.2, 0.25) is 0 Å². The normalized spacial score (nSPS) is 22.9. The number of benzene rings is 1. The number of aliphatic carboxylic acids is 1. The zero-order chi connectivity index (χ0) is 13.0. The quantitative estimate of drug-likeness (QED) is 0.871. The van der Waals surface area contributed by atoms with Crippen LogP contribution in [0.4, 0.5) is 0 Å². The maximum Gasteiger partial charge on any atom is 0.307 e. The summed E-state index contributed by atoms with van der Waals surface area (Å²) >= 11 is 0. The average molecular weight is 250 g/mol. The van der Waals surface area contributed by atoms with E-state index in [2.05, 4.69) is 6.92 Å². The van der Waals surface area contributed by atoms with Crippen molar-refractivity contribution in [1.82, 2.24) is 0 Å². The molecular formula is C14H18O4. The van der Waals surface area contributed by atoms with Gasteiger partial charge in [0.05, 0.1) is 18.6 Å². The first kappa shape index (κ1) is 12.9. The minimum absolute atomic E-state index is 0.0158. The SMILES string of the molecule is CC1CCC(COc2ccccc2CC(=O)O)O1. The molecule has 4 heteroatoms. The molecule has 2 unspecified atom stereocenters. The number of carboxylic acid groups (broad SMARTS) is 1. The number of carboxylic acids is 1. The van der Waals surface area contributed by atoms with Gasteiger partial charge in [0.25, 0.3) is 0 Å². The van der Waals surface area contributed by atoms with Gasteiger partial charge < -0.3 is 14.6 Å². The maximum absolute atomic E-state index is 10.7. The van der Waals surface area contributed by atoms with Crippen molar-refractivity contribution in [3.8, 4) is 5.75 Å². The zero-order valence-corrected chi connectivity index (χ0v) is 10.5. The molecule has 0 saturated carbocycles. The standard InChI is InChI=1S/C14H18O4/c1-10-6-7-12(18-10)9-17-13-5-3-2-4-11(13)8-14(15)16/h2-5,10,12H,6-9H2,1H3,(H,15,16). The average Bonchev–Trinajstić information content (AvgIpc) is 2.73. The zero-order valence-electron chi connectivity index (χ0n) is 10.5. The van der Waals surface area contributed by atoms with Crippen LogP contribution in [0.1, 0.15) is 25.3 Å². The van der Waals surface area contributed by atoms with Crippen molar-refractivity contribution < 1.29 is 19.4 Å². The fraction of sp³-hybridized carbons (Fsp3) is 0.500. The molecule has 1 aromatic carbocycles. The number of ether oxygens (including phenoxy) is 2. The van der Waals surface area contributed by atoms with E-state index in [0.717, 1.165) is 12.8 Å². The summed E-state index contributed by atoms with van der Waals surface area (Å²) in [4.78, 5) is 10.7. The third kappa shape index (κ3) is 3.47. The molecule has 0 amide bonds. The van der Waals surface area contributed by atoms with Crippen LogP contribution in [0.3, 0.4) is 0 Å². The first-order valence-corrected chi connectivity index (χ1v) is 6.23. The van der Waals surface area contributed by atoms with E-state index in [1.54, 1.807) is 12.1 Å². The van der Waals surface area contributed by atoms with Gasteiger partial charge >= 0.3 is 5.97 Å². The lowest BCUT2D eigenvalue weighted by atomic mass is 10.1. The summed E-state index contributed by atoms with van der Waals surface area (Å²) < 4.78 is 11.3. The maximum atomic E-state index is 10.7. The number of para-hydroxylation sites is 1. The Hall–Kier alpha value is -1.55. The monoisotopic (exact) mass is 250 g/mol. The third-order valence-electron chi connectivity index (χ3n) is 3.06. The number of hydrogen-bond donors (Lipinski definition) is 1. The van der Waals surface area contributed by atoms with Crippen LogP contribution < -0.4 is 4.74 Å². The van der Waals surface area contributed by atoms with Gasteiger partial charge in [0.1, 0.15) is 12.4 Å². The van der Waals surface area contributed by atoms with Crippen LogP contribution in [0.25, 0.3) is 0 Å². The fourth-order valence-corrected chi connectivity index (χ4v) is 2.14. The van der Waals surface area contributed by atoms with Crippen LogP contribution in [0.15, 0.2) is 24.3 Å². The van der Waals surface area contributed by atoms with Gasteiger partial charge in [0, 0.05) is 5.56 Å². The summed E-state index contributed by atoms with van der Waals surface area (Å²) in [7, 11) is 0. The Morgan fingerprint density at radius 2 is 2.22 bits per heavy atom. The van der Waals surface area contributed by atoms with E-state index in [9.17, 15) is 4.79 Å². The smallest absolute Gasteiger partial charge is 0.307 e. The Labute approximate surface area is 107 Å². The van der Waals surface area contributed by atoms with Crippen molar-refractivity contribution in [3.05, 3.63) is 29.8 Å². The van der Waals surface area contributed by atoms with Crippen molar-refractivity contribution >= 4 is 5.97 Å². The third-order valence-corrected chi connectivity index (χ3v) is 3.06. The number of hydrogen-bond acceptors (Lipinski definition) is 3. The predicted molar refractivity (Wildman–Crippen MR) is 66.8 cm³/mol. The second-order valence-electron chi connectivity index (χ2n) is 4.64. The Morgan fingerprint density at radius 3 is 2.89 bits per heavy atom. The van der Waals surface area contributed by atoms with Crippen molar-refractivity contribution in [3.63, 3.8) is 0 Å². The van der Waals surface area contributed by atoms with Gasteiger partial charge in [0.15, 0.2) is 0 Å². The summed E-state index contributed by atoms with van der Waals surface area (Å²) in [6, 6.07) is 7.25. The van der Waals surface area contributed by atoms with E-state index in [1.165, 1.54) is 0 Å². The van der Waals surface area contributed by atoms with Crippen molar-refractivity contribution in [2.24, 2.45) is 0 Å². The fourth-order valence-electron chi connectivity index (χ4n) is 2.14. The molecule has 1 N–H and O–H groups in total. The highest BCUT2D eigenvalue weighted by molar-refractivity contribution is 5.71. The molecule has 1 aliphatic rings. The molecule has 0 radical (unpaired) electrons. The highest BCUT2D eigenvalue weighted by atomic mass is 16.5. The van der Waals surface area contributed by atoms with Crippen LogP contribution in [-0.2, 0) is 16.0 Å². The molecule has 0 spiro atoms. The minimum Gasteiger partial charge on any atom is -0.491 e. The lowest BCUT2D eigenvalue weighted by Crippen LogP contribution is -2.18. The first-order valence-electron chi connectivity index (χ1n) is 6.23. The van der Waals surface area contributed by atoms with E-state index in [4.69, 9.17) is 14.6 Å². The molecule has 0 bridgehead atoms. The molecule has 1 aromatic rings. The Kier molecular flexibility index (Phi) is 4.20. The van der Waals surface area contributed by atoms with E-state index < -0.39 is 5.97 Å². The minimum atomic E-state index is -0.850. The van der Waals surface area contributed by atoms with Crippen molar-refractivity contribution in [2.45, 2.75) is 38.4 Å². The highest BCUT2D eigenvalue weighted by Crippen LogP contribution is 2.23. The summed E-state index contributed by atoms with van der Waals surface area (Å²) in [6.07, 6.45) is 2.47. The largest absolute Gasteiger partial charge is 0.491 e. The van der Waals surface area contributed by atoms with E-state index in [1.807, 2.05) is 12.1 Å². The topological polar surface area (TPSA) is 55.8 Å². The summed E-state index contributed by atoms with van der Waals surface area (Å²) in [5, 5.41) is 8.83. The van der Waals surface area contributed by atoms with Gasteiger partial charge in [-0.05, 0) is 25.8 Å². The molecule has 0 aliphatic carbocycles. The van der Waals surface area contributed by atoms with E-state index in [-0.39, 0.29) is 12.5 Å². The van der Waals surface area contributed by atoms with Gasteiger partial charge in [-0.15, -0.1) is 0 Å². The van der Waals surface area contributed by atoms with Crippen LogP contribution in [0.5, 0.6) is 5.75 Å². The van der Waals surface area contributed by atoms with Crippen molar-refractivity contribution in [1.29, 1.82) is 0 Å². The molecule has 18 heavy (non-hydrogen) atoms. The lowest BCUT2D eigenvalue weighted by Gasteiger charge is -2.14. The molecular weight excluding hydrogens is 232 g/mol. The van der Waals surface area contributed by atoms with E-state index in [0.29, 0.717) is 24.0 Å². The molecule has 4 nitrogen and oxygen atoms in total. The highest BCUT2D eigenvalue weighted by Gasteiger charge is 2.22. The first-order chi connectivity index (χ1) is 8.65. The van der Waals surface area contributed by atoms with Crippen LogP contribution in [-0.4, -0.2) is 29.9 Å². The molecule has 1 aliphatic heterocycles. The van der Waals surface area contributed by atoms with Crippen LogP contribution >= 0.6 is 0 Å². The van der Waals surface area contributed by atoms with Gasteiger partial charge in [-0.1, -0.05) is 18.2 Å². The number of carbonyl (C=O) groups is 1. The molecule has 2 rings (SSSR count). The predicted octanol–water partition coefficient (Wildman–Crippen LogP) is 2.26. The molecule has 1 heterocycles. The number of rotatable bonds is 5. The molecule has 0 aromatic heterocycles. The van der Waals surface area contributed by atoms with Gasteiger partial charge in [0.2, 0.25) is 0 Å². The molecule has 2 atom stereocenters. The second-order valence-corrected chi connectivity index (χ2v) is 4.64. The Balaban J connectivity index is 1.94. The van der Waals surface area contributed by atoms with Gasteiger partial charge in [-0.3, -0.25) is 4.79 Å². The Bertz CT molecular complexity index is 416. The van der Waals surface area contributed by atoms with Crippen molar-refractivity contribution in [2.75, 3.05) is 6.61 Å². The van der Waals surface area contributed by atoms with Gasteiger partial charge in [-0.25, -0.2) is 0 Å². The summed E-state index contributed by atoms with van der Waals surface area (Å²) in [5.41, 5.74) is 0.705. The summed E-state index contributed by atoms with van der Waals surface area (Å²) in [6.45, 7) is 2.54.